The number of ether oxygens (including phenoxy) is 1. The van der Waals surface area contributed by atoms with Gasteiger partial charge < -0.3 is 10.1 Å². The van der Waals surface area contributed by atoms with E-state index in [0.29, 0.717) is 18.4 Å². The van der Waals surface area contributed by atoms with Crippen molar-refractivity contribution in [3.8, 4) is 5.75 Å². The average Bonchev–Trinajstić information content (AvgIpc) is 3.08. The third-order valence-electron chi connectivity index (χ3n) is 2.50. The number of benzene rings is 1. The van der Waals surface area contributed by atoms with Crippen LogP contribution in [0.4, 0.5) is 5.69 Å². The highest BCUT2D eigenvalue weighted by atomic mass is 35.5. The summed E-state index contributed by atoms with van der Waals surface area (Å²) in [5, 5.41) is 14.0. The van der Waals surface area contributed by atoms with Crippen LogP contribution in [0.2, 0.25) is 5.02 Å². The maximum Gasteiger partial charge on any atom is 0.288 e. The van der Waals surface area contributed by atoms with Gasteiger partial charge in [0.1, 0.15) is 17.4 Å². The van der Waals surface area contributed by atoms with Gasteiger partial charge in [-0.3, -0.25) is 10.1 Å². The Labute approximate surface area is 104 Å². The minimum atomic E-state index is -0.513. The normalized spacial score (nSPS) is 14.6. The van der Waals surface area contributed by atoms with E-state index in [9.17, 15) is 10.1 Å². The van der Waals surface area contributed by atoms with E-state index in [1.807, 2.05) is 0 Å². The van der Waals surface area contributed by atoms with Crippen LogP contribution < -0.4 is 10.1 Å². The number of hydrogen-bond acceptors (Lipinski definition) is 4. The first kappa shape index (κ1) is 12.1. The van der Waals surface area contributed by atoms with Crippen LogP contribution >= 0.6 is 11.6 Å². The molecule has 1 aromatic rings. The van der Waals surface area contributed by atoms with Crippen LogP contribution in [-0.4, -0.2) is 24.1 Å². The molecule has 0 aliphatic heterocycles. The largest absolute Gasteiger partial charge is 0.492 e. The van der Waals surface area contributed by atoms with E-state index in [1.165, 1.54) is 25.0 Å². The van der Waals surface area contributed by atoms with Crippen molar-refractivity contribution in [3.05, 3.63) is 33.3 Å². The summed E-state index contributed by atoms with van der Waals surface area (Å²) in [6, 6.07) is 5.03. The molecule has 0 atom stereocenters. The molecule has 1 aliphatic carbocycles. The third kappa shape index (κ3) is 3.57. The quantitative estimate of drug-likeness (QED) is 0.482. The van der Waals surface area contributed by atoms with Crippen LogP contribution in [0.25, 0.3) is 0 Å². The predicted molar refractivity (Wildman–Crippen MR) is 64.6 cm³/mol. The zero-order valence-electron chi connectivity index (χ0n) is 9.19. The van der Waals surface area contributed by atoms with Gasteiger partial charge in [-0.1, -0.05) is 11.6 Å². The molecule has 0 saturated heterocycles. The van der Waals surface area contributed by atoms with E-state index in [4.69, 9.17) is 16.3 Å². The lowest BCUT2D eigenvalue weighted by molar-refractivity contribution is -0.384. The molecular weight excluding hydrogens is 244 g/mol. The van der Waals surface area contributed by atoms with Crippen LogP contribution in [0, 0.1) is 10.1 Å². The number of nitro groups is 1. The summed E-state index contributed by atoms with van der Waals surface area (Å²) in [5.74, 6) is 0.554. The number of nitrogens with one attached hydrogen (secondary N) is 1. The topological polar surface area (TPSA) is 64.4 Å². The number of nitro benzene ring substituents is 1. The summed E-state index contributed by atoms with van der Waals surface area (Å²) in [6.45, 7) is 1.31. The van der Waals surface area contributed by atoms with Gasteiger partial charge in [0.2, 0.25) is 0 Å². The molecule has 17 heavy (non-hydrogen) atoms. The lowest BCUT2D eigenvalue weighted by Crippen LogP contribution is -2.22. The first-order valence-electron chi connectivity index (χ1n) is 5.47. The van der Waals surface area contributed by atoms with Crippen molar-refractivity contribution < 1.29 is 9.66 Å². The Morgan fingerprint density at radius 3 is 2.88 bits per heavy atom. The van der Waals surface area contributed by atoms with Gasteiger partial charge in [-0.05, 0) is 18.9 Å². The second-order valence-corrected chi connectivity index (χ2v) is 4.35. The fraction of sp³-hybridized carbons (Fsp3) is 0.455. The van der Waals surface area contributed by atoms with Crippen LogP contribution in [0.15, 0.2) is 18.2 Å². The Morgan fingerprint density at radius 1 is 1.53 bits per heavy atom. The molecule has 92 valence electrons. The fourth-order valence-electron chi connectivity index (χ4n) is 1.44. The van der Waals surface area contributed by atoms with E-state index >= 15 is 0 Å². The number of rotatable bonds is 6. The summed E-state index contributed by atoms with van der Waals surface area (Å²) in [7, 11) is 0. The minimum Gasteiger partial charge on any atom is -0.492 e. The second-order valence-electron chi connectivity index (χ2n) is 3.95. The van der Waals surface area contributed by atoms with Crippen molar-refractivity contribution in [2.75, 3.05) is 13.2 Å². The Hall–Kier alpha value is -1.33. The summed E-state index contributed by atoms with van der Waals surface area (Å²) in [5.41, 5.74) is -0.102. The molecule has 0 bridgehead atoms. The van der Waals surface area contributed by atoms with Crippen molar-refractivity contribution in [2.45, 2.75) is 18.9 Å². The lowest BCUT2D eigenvalue weighted by Gasteiger charge is -2.07. The second kappa shape index (κ2) is 5.33. The molecule has 1 saturated carbocycles. The zero-order valence-corrected chi connectivity index (χ0v) is 9.94. The van der Waals surface area contributed by atoms with Gasteiger partial charge in [-0.2, -0.15) is 0 Å². The lowest BCUT2D eigenvalue weighted by atomic mass is 10.3. The monoisotopic (exact) mass is 256 g/mol. The molecule has 0 unspecified atom stereocenters. The highest BCUT2D eigenvalue weighted by Crippen LogP contribution is 2.28. The maximum absolute atomic E-state index is 10.5. The van der Waals surface area contributed by atoms with Gasteiger partial charge >= 0.3 is 0 Å². The van der Waals surface area contributed by atoms with Crippen molar-refractivity contribution in [2.24, 2.45) is 0 Å². The van der Waals surface area contributed by atoms with E-state index in [-0.39, 0.29) is 10.7 Å². The standard InChI is InChI=1S/C11H13ClN2O3/c12-10-7-9(3-4-11(10)14(15)16)17-6-5-13-8-1-2-8/h3-4,7-8,13H,1-2,5-6H2. The summed E-state index contributed by atoms with van der Waals surface area (Å²) >= 11 is 5.76. The Balaban J connectivity index is 1.83. The molecule has 0 heterocycles. The molecule has 0 amide bonds. The fourth-order valence-corrected chi connectivity index (χ4v) is 1.68. The van der Waals surface area contributed by atoms with Gasteiger partial charge in [-0.25, -0.2) is 0 Å². The Morgan fingerprint density at radius 2 is 2.29 bits per heavy atom. The minimum absolute atomic E-state index is 0.0997. The average molecular weight is 257 g/mol. The third-order valence-corrected chi connectivity index (χ3v) is 2.80. The smallest absolute Gasteiger partial charge is 0.288 e. The summed E-state index contributed by atoms with van der Waals surface area (Å²) in [4.78, 5) is 10.0. The van der Waals surface area contributed by atoms with Crippen molar-refractivity contribution >= 4 is 17.3 Å². The van der Waals surface area contributed by atoms with Crippen molar-refractivity contribution in [1.82, 2.24) is 5.32 Å². The van der Waals surface area contributed by atoms with Crippen molar-refractivity contribution in [3.63, 3.8) is 0 Å². The van der Waals surface area contributed by atoms with Crippen LogP contribution in [-0.2, 0) is 0 Å². The van der Waals surface area contributed by atoms with Crippen LogP contribution in [0.5, 0.6) is 5.75 Å². The molecule has 0 radical (unpaired) electrons. The maximum atomic E-state index is 10.5. The van der Waals surface area contributed by atoms with E-state index in [2.05, 4.69) is 5.32 Å². The van der Waals surface area contributed by atoms with Crippen molar-refractivity contribution in [1.29, 1.82) is 0 Å². The van der Waals surface area contributed by atoms with Crippen LogP contribution in [0.1, 0.15) is 12.8 Å². The molecule has 0 spiro atoms. The summed E-state index contributed by atoms with van der Waals surface area (Å²) in [6.07, 6.45) is 2.48. The molecule has 1 N–H and O–H groups in total. The van der Waals surface area contributed by atoms with Gasteiger partial charge in [-0.15, -0.1) is 0 Å². The molecule has 1 aliphatic rings. The van der Waals surface area contributed by atoms with E-state index in [1.54, 1.807) is 6.07 Å². The highest BCUT2D eigenvalue weighted by Gasteiger charge is 2.19. The van der Waals surface area contributed by atoms with E-state index < -0.39 is 4.92 Å². The summed E-state index contributed by atoms with van der Waals surface area (Å²) < 4.78 is 5.43. The highest BCUT2D eigenvalue weighted by molar-refractivity contribution is 6.32. The molecule has 5 nitrogen and oxygen atoms in total. The first-order chi connectivity index (χ1) is 8.16. The number of halogens is 1. The van der Waals surface area contributed by atoms with Gasteiger partial charge in [0.15, 0.2) is 0 Å². The molecule has 0 aromatic heterocycles. The number of nitrogens with zero attached hydrogens (tertiary/aromatic N) is 1. The predicted octanol–water partition coefficient (Wildman–Crippen LogP) is 2.38. The molecule has 2 rings (SSSR count). The molecule has 6 heteroatoms. The van der Waals surface area contributed by atoms with Crippen LogP contribution in [0.3, 0.4) is 0 Å². The van der Waals surface area contributed by atoms with Gasteiger partial charge in [0.05, 0.1) is 4.92 Å². The van der Waals surface area contributed by atoms with Gasteiger partial charge in [0.25, 0.3) is 5.69 Å². The van der Waals surface area contributed by atoms with E-state index in [0.717, 1.165) is 6.54 Å². The SMILES string of the molecule is O=[N+]([O-])c1ccc(OCCNC2CC2)cc1Cl. The molecule has 1 aromatic carbocycles. The zero-order chi connectivity index (χ0) is 12.3. The van der Waals surface area contributed by atoms with Gasteiger partial charge in [0, 0.05) is 24.7 Å². The Kier molecular flexibility index (Phi) is 3.81. The molecule has 1 fully saturated rings. The number of hydrogen-bond donors (Lipinski definition) is 1. The molecular formula is C11H13ClN2O3. The first-order valence-corrected chi connectivity index (χ1v) is 5.85. The Bertz CT molecular complexity index is 421.